The molecule has 0 fully saturated rings. The van der Waals surface area contributed by atoms with Gasteiger partial charge in [0.25, 0.3) is 0 Å². The molecule has 0 amide bonds. The molecule has 0 heterocycles. The van der Waals surface area contributed by atoms with Gasteiger partial charge in [-0.25, -0.2) is 0 Å². The Kier molecular flexibility index (Phi) is 12.7. The molecule has 0 aromatic rings. The zero-order chi connectivity index (χ0) is 15.9. The number of rotatable bonds is 6. The van der Waals surface area contributed by atoms with Gasteiger partial charge in [0.05, 0.1) is 0 Å². The molecule has 22 heavy (non-hydrogen) atoms. The van der Waals surface area contributed by atoms with E-state index in [1.54, 1.807) is 0 Å². The second-order valence-corrected chi connectivity index (χ2v) is 6.90. The van der Waals surface area contributed by atoms with Crippen LogP contribution in [-0.2, 0) is 12.0 Å². The summed E-state index contributed by atoms with van der Waals surface area (Å²) in [6.45, 7) is 0. The fraction of sp³-hybridized carbons (Fsp3) is 0. The van der Waals surface area contributed by atoms with Crippen LogP contribution in [0.25, 0.3) is 0 Å². The molecule has 0 saturated carbocycles. The molecular weight excluding hydrogens is 505 g/mol. The summed E-state index contributed by atoms with van der Waals surface area (Å²) in [5.74, 6) is 0. The van der Waals surface area contributed by atoms with Gasteiger partial charge in [-0.2, -0.15) is 0 Å². The van der Waals surface area contributed by atoms with Crippen molar-refractivity contribution in [2.24, 2.45) is 0 Å². The molecule has 0 aromatic heterocycles. The number of nitrogens with zero attached hydrogens (tertiary/aromatic N) is 6. The summed E-state index contributed by atoms with van der Waals surface area (Å²) in [6.07, 6.45) is 0. The second-order valence-electron chi connectivity index (χ2n) is 2.01. The third-order valence-electron chi connectivity index (χ3n) is 1.48. The summed E-state index contributed by atoms with van der Waals surface area (Å²) < 4.78 is -19.7. The van der Waals surface area contributed by atoms with Crippen LogP contribution < -0.4 is 103 Å². The van der Waals surface area contributed by atoms with E-state index in [1.165, 1.54) is 0 Å². The average molecular weight is 505 g/mol. The van der Waals surface area contributed by atoms with E-state index in [4.69, 9.17) is 0 Å². The van der Waals surface area contributed by atoms with Gasteiger partial charge >= 0.3 is 245 Å². The molecule has 0 N–H and O–H groups in total. The van der Waals surface area contributed by atoms with Crippen molar-refractivity contribution in [3.8, 4) is 0 Å². The molecule has 18 nitrogen and oxygen atoms in total. The fourth-order valence-electron chi connectivity index (χ4n) is 0.603. The maximum atomic E-state index is 10.5. The minimum absolute atomic E-state index is 0. The van der Waals surface area contributed by atoms with Gasteiger partial charge in [0.15, 0.2) is 0 Å². The van der Waals surface area contributed by atoms with Crippen LogP contribution in [0, 0.1) is 60.7 Å². The van der Waals surface area contributed by atoms with Crippen molar-refractivity contribution in [1.82, 2.24) is 0 Å². The molecule has 0 radical (unpaired) electrons. The summed E-state index contributed by atoms with van der Waals surface area (Å²) in [6, 6.07) is 0. The van der Waals surface area contributed by atoms with E-state index in [2.05, 4.69) is 0 Å². The van der Waals surface area contributed by atoms with Gasteiger partial charge in [-0.3, -0.25) is 0 Å². The first-order valence-electron chi connectivity index (χ1n) is 3.00. The van der Waals surface area contributed by atoms with Crippen LogP contribution in [0.4, 0.5) is 0 Å². The third-order valence-corrected chi connectivity index (χ3v) is 6.09. The molecule has 0 atom stereocenters. The Bertz CT molecular complexity index is 441. The molecule has 0 aliphatic heterocycles. The Labute approximate surface area is 238 Å². The van der Waals surface area contributed by atoms with E-state index in [-0.39, 0.29) is 148 Å². The summed E-state index contributed by atoms with van der Waals surface area (Å²) in [5, 5.41) is 63.1. The molecule has 0 unspecified atom stereocenters. The fourth-order valence-corrected chi connectivity index (χ4v) is 2.49. The van der Waals surface area contributed by atoms with Crippen LogP contribution in [0.1, 0.15) is 0 Å². The van der Waals surface area contributed by atoms with E-state index in [0.29, 0.717) is 0 Å². The molecule has 117 valence electrons. The van der Waals surface area contributed by atoms with Crippen LogP contribution in [0.3, 0.4) is 0 Å². The standard InChI is InChI=1S/Cu.2K.6NO2.Sr/c;;;6*2-1-3;/q-4;2*+1;;;;;;;+2. The van der Waals surface area contributed by atoms with Gasteiger partial charge in [0.2, 0.25) is 0 Å². The van der Waals surface area contributed by atoms with E-state index in [0.717, 1.165) is 0 Å². The average Bonchev–Trinajstić information content (AvgIpc) is 2.15. The van der Waals surface area contributed by atoms with Crippen molar-refractivity contribution < 1.29 is 138 Å². The minimum atomic E-state index is -9.94. The van der Waals surface area contributed by atoms with Gasteiger partial charge < -0.3 is 0 Å². The Morgan fingerprint density at radius 3 is 0.545 bits per heavy atom. The number of hydrogen-bond donors (Lipinski definition) is 0. The molecule has 22 heteroatoms. The first kappa shape index (κ1) is 31.4. The maximum absolute atomic E-state index is 10.5. The van der Waals surface area contributed by atoms with Gasteiger partial charge in [0.1, 0.15) is 0 Å². The van der Waals surface area contributed by atoms with Crippen molar-refractivity contribution in [3.05, 3.63) is 60.7 Å². The van der Waals surface area contributed by atoms with Gasteiger partial charge in [-0.05, 0) is 0 Å². The summed E-state index contributed by atoms with van der Waals surface area (Å²) in [4.78, 5) is 63.1. The summed E-state index contributed by atoms with van der Waals surface area (Å²) >= 11 is -9.94. The Morgan fingerprint density at radius 1 is 0.455 bits per heavy atom. The zero-order valence-corrected chi connectivity index (χ0v) is 21.3. The molecule has 0 rings (SSSR count). The number of hydrogen-bond acceptors (Lipinski definition) is 12. The molecule has 0 spiro atoms. The van der Waals surface area contributed by atoms with Gasteiger partial charge in [0, 0.05) is 0 Å². The summed E-state index contributed by atoms with van der Waals surface area (Å²) in [5.41, 5.74) is 0. The van der Waals surface area contributed by atoms with Crippen molar-refractivity contribution in [1.29, 1.82) is 0 Å². The predicted molar refractivity (Wildman–Crippen MR) is 47.7 cm³/mol. The van der Waals surface area contributed by atoms with Crippen LogP contribution in [0.2, 0.25) is 0 Å². The predicted octanol–water partition coefficient (Wildman–Crippen LogP) is -8.01. The van der Waals surface area contributed by atoms with Crippen molar-refractivity contribution in [3.63, 3.8) is 0 Å². The second kappa shape index (κ2) is 8.86. The van der Waals surface area contributed by atoms with Gasteiger partial charge in [-0.1, -0.05) is 0 Å². The van der Waals surface area contributed by atoms with Crippen LogP contribution in [0.15, 0.2) is 0 Å². The molecule has 0 aliphatic rings. The zero-order valence-electron chi connectivity index (χ0n) is 10.6. The molecule has 0 aromatic carbocycles. The first-order chi connectivity index (χ1) is 8.34. The van der Waals surface area contributed by atoms with Crippen molar-refractivity contribution >= 4 is 45.5 Å². The molecular formula is CuK2N6O12Sr. The monoisotopic (exact) mass is 505 g/mol. The van der Waals surface area contributed by atoms with Crippen molar-refractivity contribution in [2.45, 2.75) is 0 Å². The normalized spacial score (nSPS) is 12.5. The van der Waals surface area contributed by atoms with E-state index in [1.807, 2.05) is 0 Å². The first-order valence-corrected chi connectivity index (χ1v) is 5.53. The quantitative estimate of drug-likeness (QED) is 0.185. The van der Waals surface area contributed by atoms with Crippen LogP contribution in [0.5, 0.6) is 0 Å². The Hall–Kier alpha value is 1.67. The van der Waals surface area contributed by atoms with Crippen LogP contribution >= 0.6 is 0 Å². The summed E-state index contributed by atoms with van der Waals surface area (Å²) in [7, 11) is 0. The Balaban J connectivity index is -0.000000540. The number of nitro groups is 6. The third kappa shape index (κ3) is 2.44. The van der Waals surface area contributed by atoms with E-state index < -0.39 is 35.7 Å². The molecule has 0 aliphatic carbocycles. The van der Waals surface area contributed by atoms with Crippen molar-refractivity contribution in [2.75, 3.05) is 0 Å². The Morgan fingerprint density at radius 2 is 0.545 bits per heavy atom. The molecule has 0 bridgehead atoms. The van der Waals surface area contributed by atoms with E-state index >= 15 is 0 Å². The van der Waals surface area contributed by atoms with Gasteiger partial charge in [-0.15, -0.1) is 0 Å². The largest absolute Gasteiger partial charge is 2.00 e. The maximum Gasteiger partial charge on any atom is 2.00 e. The van der Waals surface area contributed by atoms with E-state index in [9.17, 15) is 60.7 Å². The minimum Gasteiger partial charge on any atom is 1.00 e. The molecule has 0 saturated heterocycles. The topological polar surface area (TPSA) is 259 Å². The van der Waals surface area contributed by atoms with Crippen LogP contribution in [-0.4, -0.2) is 69.1 Å². The smallest absolute Gasteiger partial charge is 1.00 e. The SMILES string of the molecule is O=[N+]([O-])[Cu-4]([N+](=O)[O-])([N+](=O)[O-])([N+](=O)[O-])([N+](=O)[O-])[N+](=O)[O-].[K+].[K+].[Sr+2].